The van der Waals surface area contributed by atoms with Gasteiger partial charge in [0.05, 0.1) is 5.52 Å². The molecule has 2 aromatic rings. The van der Waals surface area contributed by atoms with Crippen LogP contribution >= 0.6 is 0 Å². The Morgan fingerprint density at radius 3 is 2.57 bits per heavy atom. The van der Waals surface area contributed by atoms with Crippen molar-refractivity contribution in [3.05, 3.63) is 41.6 Å². The number of aryl methyl sites for hydroxylation is 1. The van der Waals surface area contributed by atoms with Gasteiger partial charge in [0.1, 0.15) is 0 Å². The Morgan fingerprint density at radius 2 is 1.90 bits per heavy atom. The first-order valence-corrected chi connectivity index (χ1v) is 7.98. The van der Waals surface area contributed by atoms with E-state index in [1.54, 1.807) is 0 Å². The van der Waals surface area contributed by atoms with Crippen LogP contribution in [0.15, 0.2) is 30.3 Å². The van der Waals surface area contributed by atoms with E-state index in [4.69, 9.17) is 5.73 Å². The molecule has 0 saturated heterocycles. The van der Waals surface area contributed by atoms with E-state index < -0.39 is 0 Å². The van der Waals surface area contributed by atoms with Crippen molar-refractivity contribution in [1.29, 1.82) is 0 Å². The Hall–Kier alpha value is -1.45. The second-order valence-corrected chi connectivity index (χ2v) is 5.78. The summed E-state index contributed by atoms with van der Waals surface area (Å²) in [5.74, 6) is 0.726. The minimum atomic E-state index is 0.219. The Labute approximate surface area is 128 Å². The minimum absolute atomic E-state index is 0.219. The lowest BCUT2D eigenvalue weighted by atomic mass is 10.0. The first kappa shape index (κ1) is 15.9. The van der Waals surface area contributed by atoms with Gasteiger partial charge in [0.2, 0.25) is 0 Å². The molecule has 21 heavy (non-hydrogen) atoms. The summed E-state index contributed by atoms with van der Waals surface area (Å²) in [4.78, 5) is 4.55. The molecule has 0 aliphatic heterocycles. The van der Waals surface area contributed by atoms with Gasteiger partial charge in [0.25, 0.3) is 0 Å². The molecule has 1 unspecified atom stereocenters. The maximum Gasteiger partial charge on any atom is 0.0705 e. The number of hydrogen-bond acceptors (Lipinski definition) is 3. The van der Waals surface area contributed by atoms with Gasteiger partial charge in [-0.2, -0.15) is 0 Å². The molecule has 0 amide bonds. The molecule has 3 heteroatoms. The standard InChI is InChI=1S/C18H27N3/c1-4-14(5-2)12-20-18(11-19)16-8-9-17-15(10-16)7-6-13(3)21-17/h6-10,14,18,20H,4-5,11-12,19H2,1-3H3. The Bertz CT molecular complexity index is 576. The fourth-order valence-electron chi connectivity index (χ4n) is 2.69. The predicted octanol–water partition coefficient (Wildman–Crippen LogP) is 3.57. The summed E-state index contributed by atoms with van der Waals surface area (Å²) >= 11 is 0. The number of fused-ring (bicyclic) bond motifs is 1. The number of aromatic nitrogens is 1. The van der Waals surface area contributed by atoms with Crippen LogP contribution < -0.4 is 11.1 Å². The number of hydrogen-bond donors (Lipinski definition) is 2. The maximum absolute atomic E-state index is 5.96. The zero-order chi connectivity index (χ0) is 15.2. The Kier molecular flexibility index (Phi) is 5.71. The highest BCUT2D eigenvalue weighted by atomic mass is 14.9. The van der Waals surface area contributed by atoms with E-state index in [0.29, 0.717) is 6.54 Å². The Balaban J connectivity index is 2.16. The molecule has 0 aliphatic carbocycles. The zero-order valence-electron chi connectivity index (χ0n) is 13.4. The molecule has 3 nitrogen and oxygen atoms in total. The highest BCUT2D eigenvalue weighted by Gasteiger charge is 2.12. The number of rotatable bonds is 7. The van der Waals surface area contributed by atoms with Gasteiger partial charge in [0.15, 0.2) is 0 Å². The third kappa shape index (κ3) is 4.02. The quantitative estimate of drug-likeness (QED) is 0.817. The van der Waals surface area contributed by atoms with E-state index >= 15 is 0 Å². The summed E-state index contributed by atoms with van der Waals surface area (Å²) in [6.45, 7) is 8.16. The van der Waals surface area contributed by atoms with E-state index in [1.807, 2.05) is 6.92 Å². The lowest BCUT2D eigenvalue weighted by Crippen LogP contribution is -2.32. The molecular weight excluding hydrogens is 258 g/mol. The highest BCUT2D eigenvalue weighted by molar-refractivity contribution is 5.79. The van der Waals surface area contributed by atoms with Gasteiger partial charge in [-0.05, 0) is 43.1 Å². The number of nitrogens with two attached hydrogens (primary N) is 1. The molecule has 0 fully saturated rings. The van der Waals surface area contributed by atoms with E-state index in [9.17, 15) is 0 Å². The first-order valence-electron chi connectivity index (χ1n) is 7.98. The van der Waals surface area contributed by atoms with Crippen LogP contribution in [0.5, 0.6) is 0 Å². The molecule has 2 rings (SSSR count). The monoisotopic (exact) mass is 285 g/mol. The van der Waals surface area contributed by atoms with Crippen molar-refractivity contribution in [2.24, 2.45) is 11.7 Å². The molecule has 1 aromatic carbocycles. The molecule has 1 atom stereocenters. The van der Waals surface area contributed by atoms with Crippen molar-refractivity contribution in [3.8, 4) is 0 Å². The topological polar surface area (TPSA) is 50.9 Å². The average Bonchev–Trinajstić information content (AvgIpc) is 2.51. The van der Waals surface area contributed by atoms with Crippen LogP contribution in [0, 0.1) is 12.8 Å². The summed E-state index contributed by atoms with van der Waals surface area (Å²) in [5.41, 5.74) is 9.32. The van der Waals surface area contributed by atoms with Gasteiger partial charge in [-0.1, -0.05) is 38.8 Å². The Morgan fingerprint density at radius 1 is 1.14 bits per heavy atom. The van der Waals surface area contributed by atoms with Crippen molar-refractivity contribution in [3.63, 3.8) is 0 Å². The fraction of sp³-hybridized carbons (Fsp3) is 0.500. The predicted molar refractivity (Wildman–Crippen MR) is 90.4 cm³/mol. The highest BCUT2D eigenvalue weighted by Crippen LogP contribution is 2.20. The molecule has 114 valence electrons. The third-order valence-corrected chi connectivity index (χ3v) is 4.30. The van der Waals surface area contributed by atoms with Crippen molar-refractivity contribution >= 4 is 10.9 Å². The summed E-state index contributed by atoms with van der Waals surface area (Å²) in [5, 5.41) is 4.80. The molecule has 0 saturated carbocycles. The van der Waals surface area contributed by atoms with Crippen molar-refractivity contribution in [1.82, 2.24) is 10.3 Å². The maximum atomic E-state index is 5.96. The lowest BCUT2D eigenvalue weighted by molar-refractivity contribution is 0.414. The number of nitrogens with zero attached hydrogens (tertiary/aromatic N) is 1. The molecular formula is C18H27N3. The molecule has 1 aromatic heterocycles. The fourth-order valence-corrected chi connectivity index (χ4v) is 2.69. The average molecular weight is 285 g/mol. The van der Waals surface area contributed by atoms with Crippen LogP contribution in [-0.4, -0.2) is 18.1 Å². The van der Waals surface area contributed by atoms with Crippen molar-refractivity contribution in [2.75, 3.05) is 13.1 Å². The lowest BCUT2D eigenvalue weighted by Gasteiger charge is -2.21. The summed E-state index contributed by atoms with van der Waals surface area (Å²) in [6, 6.07) is 10.9. The first-order chi connectivity index (χ1) is 10.2. The van der Waals surface area contributed by atoms with Crippen LogP contribution in [0.2, 0.25) is 0 Å². The number of benzene rings is 1. The smallest absolute Gasteiger partial charge is 0.0705 e. The summed E-state index contributed by atoms with van der Waals surface area (Å²) in [7, 11) is 0. The van der Waals surface area contributed by atoms with Crippen molar-refractivity contribution < 1.29 is 0 Å². The van der Waals surface area contributed by atoms with E-state index in [-0.39, 0.29) is 6.04 Å². The van der Waals surface area contributed by atoms with E-state index in [2.05, 4.69) is 54.5 Å². The molecule has 1 heterocycles. The second-order valence-electron chi connectivity index (χ2n) is 5.78. The normalized spacial score (nSPS) is 13.0. The molecule has 0 bridgehead atoms. The molecule has 0 aliphatic rings. The van der Waals surface area contributed by atoms with Gasteiger partial charge < -0.3 is 11.1 Å². The molecule has 0 radical (unpaired) electrons. The van der Waals surface area contributed by atoms with Gasteiger partial charge in [-0.3, -0.25) is 4.98 Å². The van der Waals surface area contributed by atoms with Gasteiger partial charge in [-0.25, -0.2) is 0 Å². The number of nitrogens with one attached hydrogen (secondary N) is 1. The minimum Gasteiger partial charge on any atom is -0.329 e. The van der Waals surface area contributed by atoms with Crippen LogP contribution in [0.3, 0.4) is 0 Å². The molecule has 3 N–H and O–H groups in total. The van der Waals surface area contributed by atoms with Gasteiger partial charge in [0, 0.05) is 23.7 Å². The summed E-state index contributed by atoms with van der Waals surface area (Å²) in [6.07, 6.45) is 2.42. The third-order valence-electron chi connectivity index (χ3n) is 4.30. The summed E-state index contributed by atoms with van der Waals surface area (Å²) < 4.78 is 0. The van der Waals surface area contributed by atoms with Crippen LogP contribution in [-0.2, 0) is 0 Å². The van der Waals surface area contributed by atoms with Gasteiger partial charge >= 0.3 is 0 Å². The SMILES string of the molecule is CCC(CC)CNC(CN)c1ccc2nc(C)ccc2c1. The van der Waals surface area contributed by atoms with Crippen molar-refractivity contribution in [2.45, 2.75) is 39.7 Å². The van der Waals surface area contributed by atoms with Crippen LogP contribution in [0.25, 0.3) is 10.9 Å². The second kappa shape index (κ2) is 7.53. The van der Waals surface area contributed by atoms with E-state index in [1.165, 1.54) is 23.8 Å². The zero-order valence-corrected chi connectivity index (χ0v) is 13.4. The van der Waals surface area contributed by atoms with Crippen LogP contribution in [0.4, 0.5) is 0 Å². The largest absolute Gasteiger partial charge is 0.329 e. The number of pyridine rings is 1. The van der Waals surface area contributed by atoms with Crippen LogP contribution in [0.1, 0.15) is 44.0 Å². The van der Waals surface area contributed by atoms with Gasteiger partial charge in [-0.15, -0.1) is 0 Å². The van der Waals surface area contributed by atoms with E-state index in [0.717, 1.165) is 23.7 Å². The molecule has 0 spiro atoms.